The molecular weight excluding hydrogens is 266 g/mol. The van der Waals surface area contributed by atoms with Crippen LogP contribution in [0.5, 0.6) is 0 Å². The van der Waals surface area contributed by atoms with Gasteiger partial charge in [0.2, 0.25) is 5.91 Å². The molecule has 2 aliphatic heterocycles. The molecule has 0 aliphatic carbocycles. The smallest absolute Gasteiger partial charge is 0.223 e. The number of piperazine rings is 1. The van der Waals surface area contributed by atoms with Gasteiger partial charge in [0.05, 0.1) is 6.61 Å². The Kier molecular flexibility index (Phi) is 5.63. The van der Waals surface area contributed by atoms with Gasteiger partial charge < -0.3 is 19.8 Å². The molecule has 1 amide bonds. The maximum Gasteiger partial charge on any atom is 0.223 e. The summed E-state index contributed by atoms with van der Waals surface area (Å²) in [6.07, 6.45) is 1.66. The third-order valence-electron chi connectivity index (χ3n) is 5.50. The number of rotatable bonds is 5. The molecule has 0 bridgehead atoms. The van der Waals surface area contributed by atoms with E-state index < -0.39 is 0 Å². The van der Waals surface area contributed by atoms with Crippen LogP contribution < -0.4 is 0 Å². The van der Waals surface area contributed by atoms with Crippen LogP contribution in [0.25, 0.3) is 0 Å². The van der Waals surface area contributed by atoms with Gasteiger partial charge in [0, 0.05) is 51.1 Å². The number of likely N-dealkylation sites (tertiary alicyclic amines) is 1. The number of aliphatic hydroxyl groups is 1. The summed E-state index contributed by atoms with van der Waals surface area (Å²) in [5, 5.41) is 9.70. The zero-order valence-electron chi connectivity index (χ0n) is 13.8. The van der Waals surface area contributed by atoms with Crippen LogP contribution in [0.15, 0.2) is 0 Å². The molecule has 1 N–H and O–H groups in total. The minimum atomic E-state index is 0.0386. The number of hydrogen-bond donors (Lipinski definition) is 1. The fourth-order valence-corrected chi connectivity index (χ4v) is 3.43. The summed E-state index contributed by atoms with van der Waals surface area (Å²) in [6, 6.07) is 0. The van der Waals surface area contributed by atoms with Crippen molar-refractivity contribution >= 4 is 5.91 Å². The Labute approximate surface area is 128 Å². The van der Waals surface area contributed by atoms with Crippen molar-refractivity contribution < 1.29 is 9.90 Å². The largest absolute Gasteiger partial charge is 0.396 e. The van der Waals surface area contributed by atoms with Crippen LogP contribution in [0.3, 0.4) is 0 Å². The van der Waals surface area contributed by atoms with Crippen molar-refractivity contribution in [3.63, 3.8) is 0 Å². The van der Waals surface area contributed by atoms with E-state index in [1.807, 2.05) is 4.90 Å². The van der Waals surface area contributed by atoms with Gasteiger partial charge in [-0.2, -0.15) is 0 Å². The van der Waals surface area contributed by atoms with E-state index in [-0.39, 0.29) is 17.9 Å². The van der Waals surface area contributed by atoms with Crippen molar-refractivity contribution in [3.8, 4) is 0 Å². The molecular formula is C16H31N3O2. The van der Waals surface area contributed by atoms with Crippen molar-refractivity contribution in [3.05, 3.63) is 0 Å². The van der Waals surface area contributed by atoms with Crippen LogP contribution in [0.2, 0.25) is 0 Å². The lowest BCUT2D eigenvalue weighted by Gasteiger charge is -2.33. The highest BCUT2D eigenvalue weighted by molar-refractivity contribution is 5.76. The lowest BCUT2D eigenvalue weighted by atomic mass is 9.77. The summed E-state index contributed by atoms with van der Waals surface area (Å²) in [5.74, 6) is 0.773. The lowest BCUT2D eigenvalue weighted by molar-refractivity contribution is -0.133. The molecule has 0 saturated carbocycles. The second-order valence-electron chi connectivity index (χ2n) is 7.14. The lowest BCUT2D eigenvalue weighted by Crippen LogP contribution is -2.47. The molecule has 2 fully saturated rings. The average Bonchev–Trinajstić information content (AvgIpc) is 2.90. The van der Waals surface area contributed by atoms with Crippen molar-refractivity contribution in [2.45, 2.75) is 26.7 Å². The van der Waals surface area contributed by atoms with Crippen LogP contribution in [-0.2, 0) is 4.79 Å². The van der Waals surface area contributed by atoms with Crippen LogP contribution in [0.1, 0.15) is 26.7 Å². The summed E-state index contributed by atoms with van der Waals surface area (Å²) in [7, 11) is 2.10. The molecule has 21 heavy (non-hydrogen) atoms. The molecule has 0 spiro atoms. The Morgan fingerprint density at radius 3 is 2.38 bits per heavy atom. The number of likely N-dealkylation sites (N-methyl/N-ethyl adjacent to an activating group) is 1. The fourth-order valence-electron chi connectivity index (χ4n) is 3.43. The molecule has 0 aromatic carbocycles. The van der Waals surface area contributed by atoms with E-state index in [4.69, 9.17) is 0 Å². The van der Waals surface area contributed by atoms with Crippen LogP contribution >= 0.6 is 0 Å². The quantitative estimate of drug-likeness (QED) is 0.802. The highest BCUT2D eigenvalue weighted by Gasteiger charge is 2.40. The summed E-state index contributed by atoms with van der Waals surface area (Å²) in [4.78, 5) is 18.9. The second kappa shape index (κ2) is 7.07. The minimum absolute atomic E-state index is 0.0386. The molecule has 5 nitrogen and oxygen atoms in total. The Morgan fingerprint density at radius 1 is 1.19 bits per heavy atom. The van der Waals surface area contributed by atoms with Crippen LogP contribution in [0.4, 0.5) is 0 Å². The Balaban J connectivity index is 1.75. The summed E-state index contributed by atoms with van der Waals surface area (Å²) >= 11 is 0. The zero-order valence-corrected chi connectivity index (χ0v) is 13.8. The number of nitrogens with zero attached hydrogens (tertiary/aromatic N) is 3. The highest BCUT2D eigenvalue weighted by atomic mass is 16.3. The summed E-state index contributed by atoms with van der Waals surface area (Å²) in [6.45, 7) is 11.1. The van der Waals surface area contributed by atoms with E-state index in [0.29, 0.717) is 12.3 Å². The van der Waals surface area contributed by atoms with Gasteiger partial charge in [-0.15, -0.1) is 0 Å². The number of carbonyl (C=O) groups is 1. The predicted molar refractivity (Wildman–Crippen MR) is 84.1 cm³/mol. The van der Waals surface area contributed by atoms with Gasteiger partial charge in [0.15, 0.2) is 0 Å². The molecule has 0 radical (unpaired) electrons. The first-order valence-corrected chi connectivity index (χ1v) is 8.26. The monoisotopic (exact) mass is 297 g/mol. The van der Waals surface area contributed by atoms with Gasteiger partial charge in [0.1, 0.15) is 0 Å². The average molecular weight is 297 g/mol. The molecule has 2 saturated heterocycles. The third kappa shape index (κ3) is 3.96. The first kappa shape index (κ1) is 16.7. The second-order valence-corrected chi connectivity index (χ2v) is 7.14. The third-order valence-corrected chi connectivity index (χ3v) is 5.50. The molecule has 1 unspecified atom stereocenters. The van der Waals surface area contributed by atoms with Crippen molar-refractivity contribution in [2.75, 3.05) is 59.5 Å². The summed E-state index contributed by atoms with van der Waals surface area (Å²) in [5.41, 5.74) is 0.0386. The maximum atomic E-state index is 12.3. The topological polar surface area (TPSA) is 47.0 Å². The number of amides is 1. The van der Waals surface area contributed by atoms with Gasteiger partial charge in [-0.1, -0.05) is 13.8 Å². The van der Waals surface area contributed by atoms with E-state index in [1.165, 1.54) is 0 Å². The SMILES string of the molecule is CC(C)C1(CO)CCN(CCC(=O)N2CCN(C)CC2)C1. The maximum absolute atomic E-state index is 12.3. The van der Waals surface area contributed by atoms with E-state index in [0.717, 1.165) is 52.2 Å². The first-order chi connectivity index (χ1) is 9.97. The van der Waals surface area contributed by atoms with E-state index >= 15 is 0 Å². The molecule has 0 aromatic rings. The molecule has 2 heterocycles. The molecule has 5 heteroatoms. The van der Waals surface area contributed by atoms with Crippen molar-refractivity contribution in [2.24, 2.45) is 11.3 Å². The normalized spacial score (nSPS) is 28.5. The van der Waals surface area contributed by atoms with Gasteiger partial charge >= 0.3 is 0 Å². The fraction of sp³-hybridized carbons (Fsp3) is 0.938. The molecule has 2 aliphatic rings. The van der Waals surface area contributed by atoms with Crippen LogP contribution in [-0.4, -0.2) is 85.2 Å². The van der Waals surface area contributed by atoms with E-state index in [9.17, 15) is 9.90 Å². The standard InChI is InChI=1S/C16H31N3O2/c1-14(2)16(13-20)5-7-18(12-16)6-4-15(21)19-10-8-17(3)9-11-19/h14,20H,4-13H2,1-3H3. The first-order valence-electron chi connectivity index (χ1n) is 8.26. The van der Waals surface area contributed by atoms with Crippen molar-refractivity contribution in [1.29, 1.82) is 0 Å². The van der Waals surface area contributed by atoms with Gasteiger partial charge in [-0.25, -0.2) is 0 Å². The van der Waals surface area contributed by atoms with Crippen molar-refractivity contribution in [1.82, 2.24) is 14.7 Å². The summed E-state index contributed by atoms with van der Waals surface area (Å²) < 4.78 is 0. The highest BCUT2D eigenvalue weighted by Crippen LogP contribution is 2.37. The molecule has 1 atom stereocenters. The molecule has 2 rings (SSSR count). The minimum Gasteiger partial charge on any atom is -0.396 e. The number of hydrogen-bond acceptors (Lipinski definition) is 4. The Morgan fingerprint density at radius 2 is 1.86 bits per heavy atom. The molecule has 122 valence electrons. The van der Waals surface area contributed by atoms with E-state index in [1.54, 1.807) is 0 Å². The van der Waals surface area contributed by atoms with Gasteiger partial charge in [-0.05, 0) is 25.9 Å². The van der Waals surface area contributed by atoms with Gasteiger partial charge in [0.25, 0.3) is 0 Å². The molecule has 0 aromatic heterocycles. The van der Waals surface area contributed by atoms with E-state index in [2.05, 4.69) is 30.7 Å². The Hall–Kier alpha value is -0.650. The van der Waals surface area contributed by atoms with Gasteiger partial charge in [-0.3, -0.25) is 4.79 Å². The predicted octanol–water partition coefficient (Wildman–Crippen LogP) is 0.491. The van der Waals surface area contributed by atoms with Crippen LogP contribution in [0, 0.1) is 11.3 Å². The number of aliphatic hydroxyl groups excluding tert-OH is 1. The zero-order chi connectivity index (χ0) is 15.5. The Bertz CT molecular complexity index is 353. The number of carbonyl (C=O) groups excluding carboxylic acids is 1.